The largest absolute Gasteiger partial charge is 0.342 e. The summed E-state index contributed by atoms with van der Waals surface area (Å²) in [6.45, 7) is 2.23. The van der Waals surface area contributed by atoms with Crippen molar-refractivity contribution in [2.45, 2.75) is 25.4 Å². The number of hydrogen-bond acceptors (Lipinski definition) is 4. The van der Waals surface area contributed by atoms with Crippen LogP contribution >= 0.6 is 0 Å². The van der Waals surface area contributed by atoms with Crippen LogP contribution in [0.25, 0.3) is 0 Å². The Balaban J connectivity index is 1.52. The minimum atomic E-state index is -0.232. The van der Waals surface area contributed by atoms with Crippen molar-refractivity contribution < 1.29 is 9.18 Å². The normalized spacial score (nSPS) is 18.0. The van der Waals surface area contributed by atoms with E-state index in [1.165, 1.54) is 6.07 Å². The molecule has 1 aliphatic rings. The third kappa shape index (κ3) is 4.89. The summed E-state index contributed by atoms with van der Waals surface area (Å²) in [6, 6.07) is 17.7. The molecular formula is C24H25FN4O. The van der Waals surface area contributed by atoms with E-state index >= 15 is 0 Å². The van der Waals surface area contributed by atoms with Crippen LogP contribution in [0.15, 0.2) is 73.1 Å². The number of carbonyl (C=O) groups is 1. The summed E-state index contributed by atoms with van der Waals surface area (Å²) in [6.07, 6.45) is 5.32. The van der Waals surface area contributed by atoms with Gasteiger partial charge in [0, 0.05) is 31.0 Å². The zero-order chi connectivity index (χ0) is 20.8. The third-order valence-electron chi connectivity index (χ3n) is 5.56. The fraction of sp³-hybridized carbons (Fsp3) is 0.292. The van der Waals surface area contributed by atoms with Gasteiger partial charge >= 0.3 is 0 Å². The highest BCUT2D eigenvalue weighted by molar-refractivity contribution is 5.92. The van der Waals surface area contributed by atoms with E-state index in [-0.39, 0.29) is 23.7 Å². The molecule has 4 rings (SSSR count). The lowest BCUT2D eigenvalue weighted by atomic mass is 9.88. The van der Waals surface area contributed by atoms with Crippen LogP contribution < -0.4 is 5.32 Å². The lowest BCUT2D eigenvalue weighted by Crippen LogP contribution is -2.43. The van der Waals surface area contributed by atoms with Gasteiger partial charge in [-0.3, -0.25) is 19.7 Å². The molecule has 0 radical (unpaired) electrons. The molecule has 2 aromatic heterocycles. The van der Waals surface area contributed by atoms with Crippen LogP contribution in [0, 0.1) is 11.7 Å². The molecule has 30 heavy (non-hydrogen) atoms. The predicted octanol–water partition coefficient (Wildman–Crippen LogP) is 4.00. The minimum Gasteiger partial charge on any atom is -0.342 e. The zero-order valence-electron chi connectivity index (χ0n) is 16.7. The molecule has 3 aromatic rings. The summed E-state index contributed by atoms with van der Waals surface area (Å²) in [5, 5.41) is 3.15. The van der Waals surface area contributed by atoms with Gasteiger partial charge < -0.3 is 5.32 Å². The lowest BCUT2D eigenvalue weighted by molar-refractivity contribution is 0.0869. The smallest absolute Gasteiger partial charge is 0.270 e. The van der Waals surface area contributed by atoms with Gasteiger partial charge in [-0.15, -0.1) is 0 Å². The van der Waals surface area contributed by atoms with Crippen molar-refractivity contribution in [3.63, 3.8) is 0 Å². The molecule has 1 aromatic carbocycles. The number of hydrogen-bond donors (Lipinski definition) is 1. The molecule has 0 bridgehead atoms. The SMILES string of the molecule is O=C(N[C@@H](c1ccccn1)[C@@H]1CCCN(Cc2ccccc2F)C1)c1ccccn1. The van der Waals surface area contributed by atoms with Crippen LogP contribution in [0.4, 0.5) is 4.39 Å². The molecule has 1 fully saturated rings. The molecule has 3 heterocycles. The van der Waals surface area contributed by atoms with Gasteiger partial charge in [0.15, 0.2) is 0 Å². The van der Waals surface area contributed by atoms with Gasteiger partial charge in [-0.25, -0.2) is 4.39 Å². The second-order valence-electron chi connectivity index (χ2n) is 7.65. The summed E-state index contributed by atoms with van der Waals surface area (Å²) in [4.78, 5) is 23.8. The van der Waals surface area contributed by atoms with E-state index < -0.39 is 0 Å². The van der Waals surface area contributed by atoms with Gasteiger partial charge in [0.1, 0.15) is 11.5 Å². The predicted molar refractivity (Wildman–Crippen MR) is 113 cm³/mol. The van der Waals surface area contributed by atoms with Crippen molar-refractivity contribution in [1.82, 2.24) is 20.2 Å². The average Bonchev–Trinajstić information content (AvgIpc) is 2.80. The number of likely N-dealkylation sites (tertiary alicyclic amines) is 1. The molecule has 0 aliphatic carbocycles. The molecule has 1 aliphatic heterocycles. The molecule has 1 N–H and O–H groups in total. The number of carbonyl (C=O) groups excluding carboxylic acids is 1. The molecule has 1 amide bonds. The van der Waals surface area contributed by atoms with Crippen molar-refractivity contribution in [3.8, 4) is 0 Å². The van der Waals surface area contributed by atoms with Crippen molar-refractivity contribution in [1.29, 1.82) is 0 Å². The monoisotopic (exact) mass is 404 g/mol. The van der Waals surface area contributed by atoms with Crippen molar-refractivity contribution >= 4 is 5.91 Å². The van der Waals surface area contributed by atoms with Crippen LogP contribution in [0.3, 0.4) is 0 Å². The fourth-order valence-corrected chi connectivity index (χ4v) is 4.08. The lowest BCUT2D eigenvalue weighted by Gasteiger charge is -2.37. The summed E-state index contributed by atoms with van der Waals surface area (Å²) >= 11 is 0. The van der Waals surface area contributed by atoms with Crippen LogP contribution in [-0.2, 0) is 6.54 Å². The number of benzene rings is 1. The zero-order valence-corrected chi connectivity index (χ0v) is 16.7. The van der Waals surface area contributed by atoms with Gasteiger partial charge in [-0.2, -0.15) is 0 Å². The topological polar surface area (TPSA) is 58.1 Å². The maximum absolute atomic E-state index is 14.1. The van der Waals surface area contributed by atoms with E-state index in [1.807, 2.05) is 30.3 Å². The van der Waals surface area contributed by atoms with E-state index in [0.717, 1.165) is 31.6 Å². The van der Waals surface area contributed by atoms with Gasteiger partial charge in [0.2, 0.25) is 0 Å². The van der Waals surface area contributed by atoms with E-state index in [1.54, 1.807) is 36.7 Å². The Morgan fingerprint density at radius 3 is 2.57 bits per heavy atom. The molecule has 1 saturated heterocycles. The van der Waals surface area contributed by atoms with E-state index in [4.69, 9.17) is 0 Å². The average molecular weight is 404 g/mol. The number of pyridine rings is 2. The molecule has 0 unspecified atom stereocenters. The van der Waals surface area contributed by atoms with Gasteiger partial charge in [0.25, 0.3) is 5.91 Å². The third-order valence-corrected chi connectivity index (χ3v) is 5.56. The first-order valence-corrected chi connectivity index (χ1v) is 10.3. The van der Waals surface area contributed by atoms with Crippen molar-refractivity contribution in [2.75, 3.05) is 13.1 Å². The first kappa shape index (κ1) is 20.2. The fourth-order valence-electron chi connectivity index (χ4n) is 4.08. The minimum absolute atomic E-state index is 0.174. The number of halogens is 1. The Bertz CT molecular complexity index is 967. The second kappa shape index (κ2) is 9.59. The summed E-state index contributed by atoms with van der Waals surface area (Å²) < 4.78 is 14.1. The molecule has 0 saturated carbocycles. The maximum Gasteiger partial charge on any atom is 0.270 e. The molecule has 5 nitrogen and oxygen atoms in total. The van der Waals surface area contributed by atoms with Crippen LogP contribution in [0.2, 0.25) is 0 Å². The van der Waals surface area contributed by atoms with Gasteiger partial charge in [-0.1, -0.05) is 30.3 Å². The molecule has 154 valence electrons. The standard InChI is InChI=1S/C24H25FN4O/c25-20-10-2-1-8-18(20)16-29-15-7-9-19(17-29)23(21-11-3-5-13-26-21)28-24(30)22-12-4-6-14-27-22/h1-6,8,10-14,19,23H,7,9,15-17H2,(H,28,30)/t19-,23-/m1/s1. The quantitative estimate of drug-likeness (QED) is 0.675. The number of piperidine rings is 1. The first-order chi connectivity index (χ1) is 14.7. The van der Waals surface area contributed by atoms with Crippen molar-refractivity contribution in [2.24, 2.45) is 5.92 Å². The number of nitrogens with one attached hydrogen (secondary N) is 1. The van der Waals surface area contributed by atoms with Gasteiger partial charge in [0.05, 0.1) is 11.7 Å². The highest BCUT2D eigenvalue weighted by Gasteiger charge is 2.31. The van der Waals surface area contributed by atoms with Crippen LogP contribution in [0.5, 0.6) is 0 Å². The molecule has 6 heteroatoms. The summed E-state index contributed by atoms with van der Waals surface area (Å²) in [5.74, 6) is -0.213. The first-order valence-electron chi connectivity index (χ1n) is 10.3. The van der Waals surface area contributed by atoms with E-state index in [2.05, 4.69) is 20.2 Å². The summed E-state index contributed by atoms with van der Waals surface area (Å²) in [5.41, 5.74) is 1.92. The van der Waals surface area contributed by atoms with E-state index in [0.29, 0.717) is 17.8 Å². The van der Waals surface area contributed by atoms with Gasteiger partial charge in [-0.05, 0) is 55.6 Å². The Hall–Kier alpha value is -3.12. The number of rotatable bonds is 6. The van der Waals surface area contributed by atoms with Crippen LogP contribution in [0.1, 0.15) is 40.6 Å². The molecule has 2 atom stereocenters. The Morgan fingerprint density at radius 1 is 1.07 bits per heavy atom. The van der Waals surface area contributed by atoms with Crippen molar-refractivity contribution in [3.05, 3.63) is 95.8 Å². The molecular weight excluding hydrogens is 379 g/mol. The Kier molecular flexibility index (Phi) is 6.44. The maximum atomic E-state index is 14.1. The Morgan fingerprint density at radius 2 is 1.83 bits per heavy atom. The molecule has 0 spiro atoms. The van der Waals surface area contributed by atoms with E-state index in [9.17, 15) is 9.18 Å². The highest BCUT2D eigenvalue weighted by Crippen LogP contribution is 2.30. The summed E-state index contributed by atoms with van der Waals surface area (Å²) in [7, 11) is 0. The number of amides is 1. The number of aromatic nitrogens is 2. The van der Waals surface area contributed by atoms with Crippen LogP contribution in [-0.4, -0.2) is 33.9 Å². The highest BCUT2D eigenvalue weighted by atomic mass is 19.1. The Labute approximate surface area is 176 Å². The second-order valence-corrected chi connectivity index (χ2v) is 7.65. The number of nitrogens with zero attached hydrogens (tertiary/aromatic N) is 3.